The number of aliphatic carboxylic acids is 2. The van der Waals surface area contributed by atoms with E-state index in [1.807, 2.05) is 24.7 Å². The van der Waals surface area contributed by atoms with Crippen LogP contribution in [-0.2, 0) is 16.0 Å². The molecule has 21 heavy (non-hydrogen) atoms. The lowest BCUT2D eigenvalue weighted by molar-refractivity contribution is -0.134. The Hall–Kier alpha value is -3.02. The smallest absolute Gasteiger partial charge is 0.328 e. The summed E-state index contributed by atoms with van der Waals surface area (Å²) in [5, 5.41) is 15.6. The SMILES string of the molecule is C1=NC=C2Cc3cccnc3C=C12.O=C(O)C=CC(=O)O. The molecule has 0 unspecified atom stereocenters. The van der Waals surface area contributed by atoms with Crippen LogP contribution < -0.4 is 0 Å². The number of nitrogens with zero attached hydrogens (tertiary/aromatic N) is 2. The van der Waals surface area contributed by atoms with E-state index in [0.717, 1.165) is 12.1 Å². The maximum absolute atomic E-state index is 9.55. The normalized spacial score (nSPS) is 14.5. The van der Waals surface area contributed by atoms with Gasteiger partial charge in [0, 0.05) is 37.2 Å². The zero-order chi connectivity index (χ0) is 15.2. The van der Waals surface area contributed by atoms with E-state index in [1.165, 1.54) is 16.7 Å². The van der Waals surface area contributed by atoms with Crippen molar-refractivity contribution < 1.29 is 19.8 Å². The minimum atomic E-state index is -1.26. The van der Waals surface area contributed by atoms with E-state index < -0.39 is 11.9 Å². The second kappa shape index (κ2) is 6.42. The van der Waals surface area contributed by atoms with Gasteiger partial charge in [-0.2, -0.15) is 0 Å². The standard InChI is InChI=1S/C11H8N2.C4H4O4/c1-2-8-4-9-6-12-7-10(9)5-11(8)13-3-1;5-3(6)1-2-4(7)8/h1-3,5-7H,4H2;1-2H,(H,5,6)(H,7,8). The van der Waals surface area contributed by atoms with Crippen molar-refractivity contribution >= 4 is 24.2 Å². The van der Waals surface area contributed by atoms with Crippen LogP contribution in [-0.4, -0.2) is 33.4 Å². The van der Waals surface area contributed by atoms with E-state index >= 15 is 0 Å². The Bertz CT molecular complexity index is 683. The van der Waals surface area contributed by atoms with Crippen LogP contribution in [0.4, 0.5) is 0 Å². The molecule has 0 bridgehead atoms. The molecule has 0 aromatic carbocycles. The Morgan fingerprint density at radius 1 is 1.19 bits per heavy atom. The number of pyridine rings is 1. The lowest BCUT2D eigenvalue weighted by Crippen LogP contribution is -2.02. The van der Waals surface area contributed by atoms with Crippen LogP contribution in [0.5, 0.6) is 0 Å². The molecule has 0 saturated heterocycles. The van der Waals surface area contributed by atoms with Crippen molar-refractivity contribution in [2.75, 3.05) is 0 Å². The van der Waals surface area contributed by atoms with Gasteiger partial charge in [0.15, 0.2) is 0 Å². The Balaban J connectivity index is 0.000000177. The third-order valence-electron chi connectivity index (χ3n) is 2.78. The predicted molar refractivity (Wildman–Crippen MR) is 76.9 cm³/mol. The minimum Gasteiger partial charge on any atom is -0.478 e. The molecule has 2 heterocycles. The first kappa shape index (κ1) is 14.4. The van der Waals surface area contributed by atoms with Gasteiger partial charge < -0.3 is 10.2 Å². The molecule has 0 saturated carbocycles. The van der Waals surface area contributed by atoms with E-state index in [1.54, 1.807) is 0 Å². The molecular formula is C15H12N2O4. The van der Waals surface area contributed by atoms with E-state index in [-0.39, 0.29) is 0 Å². The Kier molecular flexibility index (Phi) is 4.40. The Morgan fingerprint density at radius 2 is 1.90 bits per heavy atom. The second-order valence-electron chi connectivity index (χ2n) is 4.27. The van der Waals surface area contributed by atoms with Crippen LogP contribution in [0, 0.1) is 0 Å². The number of carboxylic acids is 2. The van der Waals surface area contributed by atoms with Gasteiger partial charge in [-0.25, -0.2) is 9.59 Å². The molecule has 0 atom stereocenters. The summed E-state index contributed by atoms with van der Waals surface area (Å²) in [6, 6.07) is 4.10. The first-order valence-electron chi connectivity index (χ1n) is 6.08. The van der Waals surface area contributed by atoms with Gasteiger partial charge in [0.2, 0.25) is 0 Å². The summed E-state index contributed by atoms with van der Waals surface area (Å²) in [6.45, 7) is 0. The van der Waals surface area contributed by atoms with Crippen molar-refractivity contribution in [2.45, 2.75) is 6.42 Å². The van der Waals surface area contributed by atoms with E-state index in [9.17, 15) is 9.59 Å². The summed E-state index contributed by atoms with van der Waals surface area (Å²) in [5.41, 5.74) is 4.90. The van der Waals surface area contributed by atoms with Crippen molar-refractivity contribution in [1.29, 1.82) is 0 Å². The molecule has 3 rings (SSSR count). The molecule has 2 aliphatic rings. The highest BCUT2D eigenvalue weighted by atomic mass is 16.4. The number of hydrogen-bond acceptors (Lipinski definition) is 4. The predicted octanol–water partition coefficient (Wildman–Crippen LogP) is 1.70. The number of hydrogen-bond donors (Lipinski definition) is 2. The van der Waals surface area contributed by atoms with E-state index in [4.69, 9.17) is 10.2 Å². The monoisotopic (exact) mass is 284 g/mol. The summed E-state index contributed by atoms with van der Waals surface area (Å²) in [5.74, 6) is -2.51. The van der Waals surface area contributed by atoms with Gasteiger partial charge in [0.05, 0.1) is 5.69 Å². The largest absolute Gasteiger partial charge is 0.478 e. The zero-order valence-electron chi connectivity index (χ0n) is 10.9. The highest BCUT2D eigenvalue weighted by Gasteiger charge is 2.16. The summed E-state index contributed by atoms with van der Waals surface area (Å²) in [4.78, 5) is 27.5. The molecule has 6 heteroatoms. The van der Waals surface area contributed by atoms with Crippen molar-refractivity contribution in [1.82, 2.24) is 4.98 Å². The van der Waals surface area contributed by atoms with Crippen LogP contribution in [0.15, 0.2) is 52.8 Å². The highest BCUT2D eigenvalue weighted by Crippen LogP contribution is 2.27. The van der Waals surface area contributed by atoms with Crippen molar-refractivity contribution in [3.63, 3.8) is 0 Å². The van der Waals surface area contributed by atoms with Gasteiger partial charge in [-0.3, -0.25) is 9.98 Å². The zero-order valence-corrected chi connectivity index (χ0v) is 10.9. The minimum absolute atomic E-state index is 0.558. The van der Waals surface area contributed by atoms with Crippen LogP contribution in [0.1, 0.15) is 11.3 Å². The number of fused-ring (bicyclic) bond motifs is 2. The number of carbonyl (C=O) groups is 2. The molecule has 1 aliphatic heterocycles. The van der Waals surface area contributed by atoms with Gasteiger partial charge >= 0.3 is 11.9 Å². The Labute approximate surface area is 120 Å². The summed E-state index contributed by atoms with van der Waals surface area (Å²) in [6.07, 6.45) is 9.84. The Morgan fingerprint density at radius 3 is 2.57 bits per heavy atom. The molecule has 1 aliphatic carbocycles. The second-order valence-corrected chi connectivity index (χ2v) is 4.27. The van der Waals surface area contributed by atoms with Crippen LogP contribution in [0.3, 0.4) is 0 Å². The number of carboxylic acid groups (broad SMARTS) is 2. The van der Waals surface area contributed by atoms with Crippen molar-refractivity contribution in [3.8, 4) is 0 Å². The lowest BCUT2D eigenvalue weighted by atomic mass is 9.93. The van der Waals surface area contributed by atoms with Gasteiger partial charge in [0.1, 0.15) is 0 Å². The molecule has 6 nitrogen and oxygen atoms in total. The van der Waals surface area contributed by atoms with Gasteiger partial charge in [0.25, 0.3) is 0 Å². The fourth-order valence-electron chi connectivity index (χ4n) is 1.87. The number of rotatable bonds is 2. The molecule has 2 N–H and O–H groups in total. The van der Waals surface area contributed by atoms with Gasteiger partial charge in [-0.05, 0) is 28.9 Å². The quantitative estimate of drug-likeness (QED) is 0.805. The number of allylic oxidation sites excluding steroid dienone is 2. The first-order chi connectivity index (χ1) is 10.1. The third kappa shape index (κ3) is 3.97. The number of aliphatic imine (C=N–C) groups is 1. The summed E-state index contributed by atoms with van der Waals surface area (Å²) >= 11 is 0. The van der Waals surface area contributed by atoms with E-state index in [0.29, 0.717) is 12.2 Å². The van der Waals surface area contributed by atoms with Crippen LogP contribution in [0.2, 0.25) is 0 Å². The molecule has 106 valence electrons. The number of aromatic nitrogens is 1. The average Bonchev–Trinajstić information content (AvgIpc) is 2.90. The third-order valence-corrected chi connectivity index (χ3v) is 2.78. The summed E-state index contributed by atoms with van der Waals surface area (Å²) in [7, 11) is 0. The first-order valence-corrected chi connectivity index (χ1v) is 6.08. The molecule has 0 fully saturated rings. The molecule has 0 amide bonds. The average molecular weight is 284 g/mol. The van der Waals surface area contributed by atoms with Gasteiger partial charge in [-0.1, -0.05) is 6.07 Å². The maximum atomic E-state index is 9.55. The molecule has 0 spiro atoms. The molecular weight excluding hydrogens is 272 g/mol. The van der Waals surface area contributed by atoms with Crippen LogP contribution in [0.25, 0.3) is 6.08 Å². The van der Waals surface area contributed by atoms with E-state index in [2.05, 4.69) is 22.1 Å². The molecule has 1 aromatic heterocycles. The van der Waals surface area contributed by atoms with Crippen molar-refractivity contribution in [2.24, 2.45) is 4.99 Å². The molecule has 0 radical (unpaired) electrons. The lowest BCUT2D eigenvalue weighted by Gasteiger charge is -2.12. The fraction of sp³-hybridized carbons (Fsp3) is 0.0667. The fourth-order valence-corrected chi connectivity index (χ4v) is 1.87. The summed E-state index contributed by atoms with van der Waals surface area (Å²) < 4.78 is 0. The maximum Gasteiger partial charge on any atom is 0.328 e. The van der Waals surface area contributed by atoms with Crippen LogP contribution >= 0.6 is 0 Å². The van der Waals surface area contributed by atoms with Crippen molar-refractivity contribution in [3.05, 3.63) is 59.1 Å². The topological polar surface area (TPSA) is 99.9 Å². The van der Waals surface area contributed by atoms with Gasteiger partial charge in [-0.15, -0.1) is 0 Å². The highest BCUT2D eigenvalue weighted by molar-refractivity contribution is 5.95. The molecule has 1 aromatic rings.